The van der Waals surface area contributed by atoms with Crippen LogP contribution in [0.25, 0.3) is 0 Å². The Kier molecular flexibility index (Phi) is 8.28. The number of hydrogen-bond acceptors (Lipinski definition) is 4. The normalized spacial score (nSPS) is 17.9. The van der Waals surface area contributed by atoms with Gasteiger partial charge in [0.05, 0.1) is 24.6 Å². The molecule has 0 saturated heterocycles. The number of aliphatic hydroxyl groups is 1. The van der Waals surface area contributed by atoms with Crippen molar-refractivity contribution in [3.63, 3.8) is 0 Å². The number of carbonyl (C=O) groups is 1. The summed E-state index contributed by atoms with van der Waals surface area (Å²) >= 11 is 6.10. The first-order valence-corrected chi connectivity index (χ1v) is 11.5. The molecule has 0 radical (unpaired) electrons. The Hall–Kier alpha value is -2.17. The van der Waals surface area contributed by atoms with Crippen molar-refractivity contribution in [2.24, 2.45) is 16.8 Å². The molecular weight excluding hydrogens is 410 g/mol. The maximum Gasteiger partial charge on any atom is 0.305 e. The second-order valence-corrected chi connectivity index (χ2v) is 9.21. The Morgan fingerprint density at radius 3 is 2.58 bits per heavy atom. The summed E-state index contributed by atoms with van der Waals surface area (Å²) in [6.45, 7) is 6.81. The largest absolute Gasteiger partial charge is 0.465 e. The van der Waals surface area contributed by atoms with Gasteiger partial charge in [0.1, 0.15) is 0 Å². The van der Waals surface area contributed by atoms with Gasteiger partial charge in [0.25, 0.3) is 0 Å². The Labute approximate surface area is 190 Å². The summed E-state index contributed by atoms with van der Waals surface area (Å²) in [5, 5.41) is 10.3. The van der Waals surface area contributed by atoms with Crippen LogP contribution in [0.2, 0.25) is 5.02 Å². The molecule has 1 N–H and O–H groups in total. The van der Waals surface area contributed by atoms with Crippen molar-refractivity contribution in [2.45, 2.75) is 59.0 Å². The number of halogens is 1. The summed E-state index contributed by atoms with van der Waals surface area (Å²) in [7, 11) is 0. The number of aliphatic hydroxyl groups excluding tert-OH is 1. The average Bonchev–Trinajstić information content (AvgIpc) is 2.76. The van der Waals surface area contributed by atoms with Gasteiger partial charge in [0.15, 0.2) is 0 Å². The lowest BCUT2D eigenvalue weighted by atomic mass is 9.76. The van der Waals surface area contributed by atoms with Crippen LogP contribution in [0.15, 0.2) is 47.5 Å². The van der Waals surface area contributed by atoms with E-state index in [1.54, 1.807) is 0 Å². The molecular formula is C26H32ClNO3. The van der Waals surface area contributed by atoms with Crippen LogP contribution in [-0.4, -0.2) is 23.4 Å². The van der Waals surface area contributed by atoms with Crippen LogP contribution in [0, 0.1) is 11.8 Å². The summed E-state index contributed by atoms with van der Waals surface area (Å²) in [5.41, 5.74) is 5.18. The van der Waals surface area contributed by atoms with E-state index in [0.29, 0.717) is 24.0 Å². The average molecular weight is 442 g/mol. The highest BCUT2D eigenvalue weighted by Gasteiger charge is 2.31. The lowest BCUT2D eigenvalue weighted by molar-refractivity contribution is -0.144. The predicted molar refractivity (Wildman–Crippen MR) is 126 cm³/mol. The lowest BCUT2D eigenvalue weighted by Gasteiger charge is -2.32. The van der Waals surface area contributed by atoms with Crippen molar-refractivity contribution in [3.05, 3.63) is 64.2 Å². The molecule has 2 unspecified atom stereocenters. The molecule has 3 rings (SSSR count). The maximum atomic E-state index is 11.9. The van der Waals surface area contributed by atoms with Crippen LogP contribution >= 0.6 is 11.6 Å². The standard InChI is InChI=1S/C26H32ClNO3/c1-17(2)16-31-25(30)7-5-4-6-22-18(3)23-14-19(15-29)8-13-24(23)28-26(22)20-9-11-21(27)12-10-20/h8-14,17-18,22,29H,4-7,15-16H2,1-3H3. The molecule has 2 atom stereocenters. The van der Waals surface area contributed by atoms with Gasteiger partial charge in [-0.3, -0.25) is 9.79 Å². The van der Waals surface area contributed by atoms with Gasteiger partial charge in [-0.1, -0.05) is 63.1 Å². The Bertz CT molecular complexity index is 921. The molecule has 4 nitrogen and oxygen atoms in total. The molecule has 0 saturated carbocycles. The fraction of sp³-hybridized carbons (Fsp3) is 0.462. The van der Waals surface area contributed by atoms with Crippen molar-refractivity contribution >= 4 is 29.0 Å². The fourth-order valence-corrected chi connectivity index (χ4v) is 4.21. The van der Waals surface area contributed by atoms with Crippen molar-refractivity contribution in [1.82, 2.24) is 0 Å². The third-order valence-electron chi connectivity index (χ3n) is 5.82. The van der Waals surface area contributed by atoms with Gasteiger partial charge in [0.2, 0.25) is 0 Å². The van der Waals surface area contributed by atoms with E-state index in [4.69, 9.17) is 21.3 Å². The Morgan fingerprint density at radius 2 is 1.90 bits per heavy atom. The van der Waals surface area contributed by atoms with Crippen molar-refractivity contribution in [1.29, 1.82) is 0 Å². The van der Waals surface area contributed by atoms with Crippen LogP contribution in [0.4, 0.5) is 5.69 Å². The number of ether oxygens (including phenoxy) is 1. The molecule has 0 bridgehead atoms. The first-order valence-electron chi connectivity index (χ1n) is 11.1. The SMILES string of the molecule is CC(C)COC(=O)CCCCC1C(c2ccc(Cl)cc2)=Nc2ccc(CO)cc2C1C. The molecule has 2 aromatic rings. The van der Waals surface area contributed by atoms with Crippen molar-refractivity contribution in [2.75, 3.05) is 6.61 Å². The van der Waals surface area contributed by atoms with Crippen LogP contribution < -0.4 is 0 Å². The second-order valence-electron chi connectivity index (χ2n) is 8.77. The van der Waals surface area contributed by atoms with Crippen LogP contribution in [0.3, 0.4) is 0 Å². The predicted octanol–water partition coefficient (Wildman–Crippen LogP) is 6.45. The van der Waals surface area contributed by atoms with E-state index in [9.17, 15) is 9.90 Å². The number of carbonyl (C=O) groups excluding carboxylic acids is 1. The van der Waals surface area contributed by atoms with E-state index in [-0.39, 0.29) is 24.4 Å². The lowest BCUT2D eigenvalue weighted by Crippen LogP contribution is -2.25. The number of nitrogens with zero attached hydrogens (tertiary/aromatic N) is 1. The van der Waals surface area contributed by atoms with Gasteiger partial charge in [0, 0.05) is 17.4 Å². The number of fused-ring (bicyclic) bond motifs is 1. The van der Waals surface area contributed by atoms with E-state index in [2.05, 4.69) is 13.0 Å². The topological polar surface area (TPSA) is 58.9 Å². The highest BCUT2D eigenvalue weighted by atomic mass is 35.5. The molecule has 0 aliphatic carbocycles. The summed E-state index contributed by atoms with van der Waals surface area (Å²) in [6.07, 6.45) is 3.11. The summed E-state index contributed by atoms with van der Waals surface area (Å²) < 4.78 is 5.29. The van der Waals surface area contributed by atoms with E-state index in [0.717, 1.165) is 41.8 Å². The van der Waals surface area contributed by atoms with Crippen LogP contribution in [0.1, 0.15) is 69.1 Å². The molecule has 1 aliphatic heterocycles. The third kappa shape index (κ3) is 6.18. The molecule has 31 heavy (non-hydrogen) atoms. The maximum absolute atomic E-state index is 11.9. The Balaban J connectivity index is 1.76. The molecule has 1 heterocycles. The first-order chi connectivity index (χ1) is 14.9. The number of hydrogen-bond donors (Lipinski definition) is 1. The van der Waals surface area contributed by atoms with E-state index in [1.165, 1.54) is 5.56 Å². The number of rotatable bonds is 9. The third-order valence-corrected chi connectivity index (χ3v) is 6.08. The monoisotopic (exact) mass is 441 g/mol. The molecule has 2 aromatic carbocycles. The highest BCUT2D eigenvalue weighted by Crippen LogP contribution is 2.42. The van der Waals surface area contributed by atoms with Gasteiger partial charge in [-0.25, -0.2) is 0 Å². The van der Waals surface area contributed by atoms with Gasteiger partial charge in [-0.15, -0.1) is 0 Å². The zero-order valence-corrected chi connectivity index (χ0v) is 19.4. The molecule has 0 amide bonds. The number of esters is 1. The number of unbranched alkanes of at least 4 members (excludes halogenated alkanes) is 1. The number of aliphatic imine (C=N–C) groups is 1. The molecule has 0 fully saturated rings. The second kappa shape index (κ2) is 10.9. The molecule has 5 heteroatoms. The minimum atomic E-state index is -0.116. The summed E-state index contributed by atoms with van der Waals surface area (Å²) in [4.78, 5) is 16.9. The van der Waals surface area contributed by atoms with E-state index in [1.807, 2.05) is 50.2 Å². The van der Waals surface area contributed by atoms with E-state index >= 15 is 0 Å². The Morgan fingerprint density at radius 1 is 1.16 bits per heavy atom. The van der Waals surface area contributed by atoms with Gasteiger partial charge < -0.3 is 9.84 Å². The molecule has 1 aliphatic rings. The fourth-order valence-electron chi connectivity index (χ4n) is 4.09. The highest BCUT2D eigenvalue weighted by molar-refractivity contribution is 6.30. The zero-order chi connectivity index (χ0) is 22.4. The quantitative estimate of drug-likeness (QED) is 0.359. The zero-order valence-electron chi connectivity index (χ0n) is 18.6. The summed E-state index contributed by atoms with van der Waals surface area (Å²) in [6, 6.07) is 13.8. The number of benzene rings is 2. The van der Waals surface area contributed by atoms with Crippen LogP contribution in [-0.2, 0) is 16.1 Å². The molecule has 166 valence electrons. The molecule has 0 aromatic heterocycles. The van der Waals surface area contributed by atoms with Gasteiger partial charge in [-0.2, -0.15) is 0 Å². The van der Waals surface area contributed by atoms with Gasteiger partial charge >= 0.3 is 5.97 Å². The minimum Gasteiger partial charge on any atom is -0.465 e. The molecule has 0 spiro atoms. The first kappa shape index (κ1) is 23.5. The summed E-state index contributed by atoms with van der Waals surface area (Å²) in [5.74, 6) is 0.732. The van der Waals surface area contributed by atoms with Crippen molar-refractivity contribution in [3.8, 4) is 0 Å². The van der Waals surface area contributed by atoms with E-state index < -0.39 is 0 Å². The minimum absolute atomic E-state index is 0.0247. The van der Waals surface area contributed by atoms with Gasteiger partial charge in [-0.05, 0) is 59.6 Å². The van der Waals surface area contributed by atoms with Crippen molar-refractivity contribution < 1.29 is 14.6 Å². The van der Waals surface area contributed by atoms with Crippen LogP contribution in [0.5, 0.6) is 0 Å². The smallest absolute Gasteiger partial charge is 0.305 e.